The maximum Gasteiger partial charge on any atom is 0.211 e. The average Bonchev–Trinajstić information content (AvgIpc) is 2.24. The average molecular weight is 281 g/mol. The fourth-order valence-electron chi connectivity index (χ4n) is 1.08. The number of rotatable bonds is 7. The molecule has 8 heteroatoms. The molecule has 0 fully saturated rings. The van der Waals surface area contributed by atoms with Gasteiger partial charge in [-0.05, 0) is 12.1 Å². The molecule has 0 spiro atoms. The molecule has 0 heterocycles. The van der Waals surface area contributed by atoms with Crippen LogP contribution < -0.4 is 9.88 Å². The molecule has 0 amide bonds. The van der Waals surface area contributed by atoms with Gasteiger partial charge >= 0.3 is 0 Å². The third kappa shape index (κ3) is 5.89. The van der Waals surface area contributed by atoms with E-state index in [-0.39, 0.29) is 31.3 Å². The van der Waals surface area contributed by atoms with Crippen LogP contribution in [0.3, 0.4) is 0 Å². The number of halogens is 2. The quantitative estimate of drug-likeness (QED) is 0.744. The molecule has 0 aliphatic heterocycles. The highest BCUT2D eigenvalue weighted by atomic mass is 32.2. The van der Waals surface area contributed by atoms with Crippen molar-refractivity contribution in [2.75, 3.05) is 25.6 Å². The first-order chi connectivity index (χ1) is 8.38. The van der Waals surface area contributed by atoms with Gasteiger partial charge in [0.25, 0.3) is 0 Å². The number of sulfonamides is 1. The normalized spacial score (nSPS) is 11.5. The summed E-state index contributed by atoms with van der Waals surface area (Å²) >= 11 is 0. The van der Waals surface area contributed by atoms with Gasteiger partial charge in [-0.15, -0.1) is 0 Å². The number of benzene rings is 1. The predicted octanol–water partition coefficient (Wildman–Crippen LogP) is 0.649. The summed E-state index contributed by atoms with van der Waals surface area (Å²) < 4.78 is 56.6. The summed E-state index contributed by atoms with van der Waals surface area (Å²) in [6, 6.07) is 2.94. The lowest BCUT2D eigenvalue weighted by atomic mass is 10.3. The smallest absolute Gasteiger partial charge is 0.211 e. The lowest BCUT2D eigenvalue weighted by Gasteiger charge is -2.07. The highest BCUT2D eigenvalue weighted by Gasteiger charge is 2.05. The van der Waals surface area contributed by atoms with Gasteiger partial charge in [-0.3, -0.25) is 0 Å². The van der Waals surface area contributed by atoms with Gasteiger partial charge in [0.2, 0.25) is 10.0 Å². The summed E-state index contributed by atoms with van der Waals surface area (Å²) in [7, 11) is -3.54. The van der Waals surface area contributed by atoms with E-state index in [2.05, 4.69) is 0 Å². The molecule has 1 aromatic rings. The summed E-state index contributed by atoms with van der Waals surface area (Å²) in [5, 5.41) is 4.75. The van der Waals surface area contributed by atoms with Crippen LogP contribution >= 0.6 is 0 Å². The van der Waals surface area contributed by atoms with Gasteiger partial charge in [0, 0.05) is 6.07 Å². The Balaban J connectivity index is 2.22. The van der Waals surface area contributed by atoms with Crippen LogP contribution in [0.25, 0.3) is 0 Å². The van der Waals surface area contributed by atoms with Crippen LogP contribution in [0.2, 0.25) is 0 Å². The molecule has 1 rings (SSSR count). The molecule has 0 aliphatic rings. The molecule has 5 nitrogen and oxygen atoms in total. The Bertz CT molecular complexity index is 493. The first-order valence-electron chi connectivity index (χ1n) is 5.04. The standard InChI is InChI=1S/C10H13F2NO4S/c11-8-1-2-10(9(12)7-8)17-4-3-16-5-6-18(13,14)15/h1-2,7H,3-6H2,(H2,13,14,15). The topological polar surface area (TPSA) is 78.6 Å². The third-order valence-corrected chi connectivity index (χ3v) is 2.63. The van der Waals surface area contributed by atoms with E-state index in [1.807, 2.05) is 0 Å². The van der Waals surface area contributed by atoms with E-state index < -0.39 is 21.7 Å². The van der Waals surface area contributed by atoms with E-state index in [4.69, 9.17) is 14.6 Å². The molecule has 0 aromatic heterocycles. The molecule has 0 unspecified atom stereocenters. The maximum absolute atomic E-state index is 13.1. The number of ether oxygens (including phenoxy) is 2. The molecule has 0 bridgehead atoms. The van der Waals surface area contributed by atoms with Crippen molar-refractivity contribution in [3.8, 4) is 5.75 Å². The van der Waals surface area contributed by atoms with Crippen LogP contribution in [-0.4, -0.2) is 34.0 Å². The van der Waals surface area contributed by atoms with E-state index in [1.54, 1.807) is 0 Å². The largest absolute Gasteiger partial charge is 0.488 e. The van der Waals surface area contributed by atoms with Crippen molar-refractivity contribution in [3.63, 3.8) is 0 Å². The zero-order valence-electron chi connectivity index (χ0n) is 9.43. The van der Waals surface area contributed by atoms with Crippen molar-refractivity contribution in [2.24, 2.45) is 5.14 Å². The van der Waals surface area contributed by atoms with Gasteiger partial charge < -0.3 is 9.47 Å². The second-order valence-corrected chi connectivity index (χ2v) is 5.14. The lowest BCUT2D eigenvalue weighted by Crippen LogP contribution is -2.21. The number of primary sulfonamides is 1. The van der Waals surface area contributed by atoms with Gasteiger partial charge in [-0.25, -0.2) is 22.3 Å². The van der Waals surface area contributed by atoms with Gasteiger partial charge in [0.05, 0.1) is 19.0 Å². The van der Waals surface area contributed by atoms with Gasteiger partial charge in [-0.1, -0.05) is 0 Å². The molecule has 1 aromatic carbocycles. The monoisotopic (exact) mass is 281 g/mol. The summed E-state index contributed by atoms with van der Waals surface area (Å²) in [6.07, 6.45) is 0. The van der Waals surface area contributed by atoms with E-state index >= 15 is 0 Å². The molecule has 0 aliphatic carbocycles. The first-order valence-corrected chi connectivity index (χ1v) is 6.76. The van der Waals surface area contributed by atoms with Gasteiger partial charge in [0.1, 0.15) is 12.4 Å². The van der Waals surface area contributed by atoms with Gasteiger partial charge in [0.15, 0.2) is 11.6 Å². The van der Waals surface area contributed by atoms with E-state index in [0.29, 0.717) is 6.07 Å². The third-order valence-electron chi connectivity index (χ3n) is 1.89. The minimum absolute atomic E-state index is 0.0210. The van der Waals surface area contributed by atoms with Crippen molar-refractivity contribution in [2.45, 2.75) is 0 Å². The fraction of sp³-hybridized carbons (Fsp3) is 0.400. The zero-order chi connectivity index (χ0) is 13.6. The lowest BCUT2D eigenvalue weighted by molar-refractivity contribution is 0.109. The number of hydrogen-bond donors (Lipinski definition) is 1. The second kappa shape index (κ2) is 6.62. The number of hydrogen-bond acceptors (Lipinski definition) is 4. The summed E-state index contributed by atoms with van der Waals surface area (Å²) in [4.78, 5) is 0. The highest BCUT2D eigenvalue weighted by Crippen LogP contribution is 2.17. The second-order valence-electron chi connectivity index (χ2n) is 3.40. The van der Waals surface area contributed by atoms with Gasteiger partial charge in [-0.2, -0.15) is 0 Å². The van der Waals surface area contributed by atoms with E-state index in [1.165, 1.54) is 0 Å². The number of nitrogens with two attached hydrogens (primary N) is 1. The first kappa shape index (κ1) is 14.8. The fourth-order valence-corrected chi connectivity index (χ4v) is 1.43. The predicted molar refractivity (Wildman–Crippen MR) is 60.6 cm³/mol. The van der Waals surface area contributed by atoms with Crippen molar-refractivity contribution >= 4 is 10.0 Å². The molecule has 0 saturated heterocycles. The Morgan fingerprint density at radius 3 is 2.50 bits per heavy atom. The van der Waals surface area contributed by atoms with Crippen molar-refractivity contribution in [1.29, 1.82) is 0 Å². The van der Waals surface area contributed by atoms with Crippen molar-refractivity contribution in [3.05, 3.63) is 29.8 Å². The molecule has 102 valence electrons. The SMILES string of the molecule is NS(=O)(=O)CCOCCOc1ccc(F)cc1F. The van der Waals surface area contributed by atoms with Crippen LogP contribution in [0.5, 0.6) is 5.75 Å². The molecule has 0 saturated carbocycles. The van der Waals surface area contributed by atoms with Crippen LogP contribution in [0.1, 0.15) is 0 Å². The molecular weight excluding hydrogens is 268 g/mol. The molecule has 2 N–H and O–H groups in total. The summed E-state index contributed by atoms with van der Waals surface area (Å²) in [6.45, 7) is 0.0353. The van der Waals surface area contributed by atoms with Crippen LogP contribution in [-0.2, 0) is 14.8 Å². The minimum Gasteiger partial charge on any atom is -0.488 e. The Labute approximate surface area is 104 Å². The van der Waals surface area contributed by atoms with Crippen LogP contribution in [0.15, 0.2) is 18.2 Å². The molecule has 0 atom stereocenters. The summed E-state index contributed by atoms with van der Waals surface area (Å²) in [5.41, 5.74) is 0. The highest BCUT2D eigenvalue weighted by molar-refractivity contribution is 7.89. The van der Waals surface area contributed by atoms with Crippen molar-refractivity contribution < 1.29 is 26.7 Å². The molecule has 18 heavy (non-hydrogen) atoms. The van der Waals surface area contributed by atoms with Crippen LogP contribution in [0, 0.1) is 11.6 Å². The Kier molecular flexibility index (Phi) is 5.45. The van der Waals surface area contributed by atoms with Crippen molar-refractivity contribution in [1.82, 2.24) is 0 Å². The zero-order valence-corrected chi connectivity index (χ0v) is 10.3. The van der Waals surface area contributed by atoms with Crippen LogP contribution in [0.4, 0.5) is 8.78 Å². The molecule has 0 radical (unpaired) electrons. The minimum atomic E-state index is -3.54. The maximum atomic E-state index is 13.1. The Morgan fingerprint density at radius 2 is 1.89 bits per heavy atom. The van der Waals surface area contributed by atoms with E-state index in [0.717, 1.165) is 12.1 Å². The van der Waals surface area contributed by atoms with E-state index in [9.17, 15) is 17.2 Å². The Morgan fingerprint density at radius 1 is 1.17 bits per heavy atom. The Hall–Kier alpha value is -1.25. The molecular formula is C10H13F2NO4S. The summed E-state index contributed by atoms with van der Waals surface area (Å²) in [5.74, 6) is -1.88.